The van der Waals surface area contributed by atoms with Gasteiger partial charge in [0.1, 0.15) is 48.6 Å². The fraction of sp³-hybridized carbons (Fsp3) is 0.0909. The first-order valence-electron chi connectivity index (χ1n) is 9.61. The first-order chi connectivity index (χ1) is 16.7. The smallest absolute Gasteiger partial charge is 0.360 e. The van der Waals surface area contributed by atoms with Gasteiger partial charge in [-0.3, -0.25) is 9.59 Å². The zero-order chi connectivity index (χ0) is 25.8. The number of esters is 1. The number of carbonyl (C=O) groups excluding carboxylic acids is 1. The lowest BCUT2D eigenvalue weighted by Crippen LogP contribution is -2.15. The molecular weight excluding hydrogens is 468 g/mol. The van der Waals surface area contributed by atoms with Gasteiger partial charge in [0, 0.05) is 24.5 Å². The van der Waals surface area contributed by atoms with Crippen LogP contribution in [0.25, 0.3) is 0 Å². The lowest BCUT2D eigenvalue weighted by molar-refractivity contribution is 0.0688. The molecule has 0 saturated heterocycles. The fourth-order valence-corrected chi connectivity index (χ4v) is 2.20. The van der Waals surface area contributed by atoms with Crippen LogP contribution >= 0.6 is 0 Å². The van der Waals surface area contributed by atoms with E-state index in [4.69, 9.17) is 29.6 Å². The molecule has 4 aromatic heterocycles. The highest BCUT2D eigenvalue weighted by Gasteiger charge is 2.12. The third-order valence-corrected chi connectivity index (χ3v) is 3.88. The number of hydrogen-bond acceptors (Lipinski definition) is 10. The predicted octanol–water partition coefficient (Wildman–Crippen LogP) is 1.23. The number of aliphatic hydroxyl groups excluding tert-OH is 2. The van der Waals surface area contributed by atoms with E-state index in [1.807, 2.05) is 0 Å². The molecule has 0 atom stereocenters. The van der Waals surface area contributed by atoms with Crippen molar-refractivity contribution in [1.29, 1.82) is 0 Å². The van der Waals surface area contributed by atoms with Crippen molar-refractivity contribution >= 4 is 11.9 Å². The van der Waals surface area contributed by atoms with Gasteiger partial charge in [0.05, 0.1) is 0 Å². The lowest BCUT2D eigenvalue weighted by atomic mass is 10.4. The maximum Gasteiger partial charge on any atom is 0.360 e. The van der Waals surface area contributed by atoms with E-state index in [2.05, 4.69) is 14.4 Å². The second kappa shape index (κ2) is 13.0. The van der Waals surface area contributed by atoms with E-state index in [0.29, 0.717) is 0 Å². The zero-order valence-corrected chi connectivity index (χ0v) is 17.8. The number of hydrogen-bond donors (Lipinski definition) is 6. The summed E-state index contributed by atoms with van der Waals surface area (Å²) in [6, 6.07) is 8.40. The molecular formula is C22H20N2O11. The van der Waals surface area contributed by atoms with E-state index in [1.54, 1.807) is 24.5 Å². The molecule has 0 radical (unpaired) electrons. The van der Waals surface area contributed by atoms with Gasteiger partial charge in [-0.15, -0.1) is 0 Å². The molecule has 0 aromatic carbocycles. The van der Waals surface area contributed by atoms with E-state index in [9.17, 15) is 19.2 Å². The summed E-state index contributed by atoms with van der Waals surface area (Å²) >= 11 is 0. The van der Waals surface area contributed by atoms with Crippen LogP contribution in [0.15, 0.2) is 79.7 Å². The number of carboxylic acids is 1. The standard InChI is InChI=1S/C11H9NO5.C6H6O4.C5H5NO2/c13-5-7-4-9(14)10(6-16-7)17-11(15)8-2-1-3-12-8;7-2-4-1-5(8)6(9)3-10-4;7-5(8)4-2-1-3-6-4/h1-4,6,12-13H,5H2;1,3,7,9H,2H2;1-3,6H,(H,7,8). The molecule has 4 heterocycles. The van der Waals surface area contributed by atoms with Crippen LogP contribution in [0.2, 0.25) is 0 Å². The van der Waals surface area contributed by atoms with Crippen molar-refractivity contribution in [2.75, 3.05) is 0 Å². The fourth-order valence-electron chi connectivity index (χ4n) is 2.20. The first kappa shape index (κ1) is 26.4. The summed E-state index contributed by atoms with van der Waals surface area (Å²) in [5.74, 6) is -2.02. The molecule has 13 heteroatoms. The highest BCUT2D eigenvalue weighted by atomic mass is 16.5. The lowest BCUT2D eigenvalue weighted by Gasteiger charge is -2.01. The largest absolute Gasteiger partial charge is 0.502 e. The van der Waals surface area contributed by atoms with Gasteiger partial charge in [-0.05, 0) is 24.3 Å². The van der Waals surface area contributed by atoms with Crippen LogP contribution in [0.5, 0.6) is 11.5 Å². The maximum atomic E-state index is 11.5. The van der Waals surface area contributed by atoms with E-state index in [1.165, 1.54) is 12.1 Å². The van der Waals surface area contributed by atoms with Crippen LogP contribution in [0.3, 0.4) is 0 Å². The van der Waals surface area contributed by atoms with Gasteiger partial charge in [-0.2, -0.15) is 0 Å². The number of rotatable bonds is 5. The molecule has 4 aromatic rings. The SMILES string of the molecule is O=C(O)c1ccc[nH]1.O=C(Oc1coc(CO)cc1=O)c1ccc[nH]1.O=c1cc(CO)occ1O. The van der Waals surface area contributed by atoms with Crippen molar-refractivity contribution in [2.24, 2.45) is 0 Å². The molecule has 0 aliphatic heterocycles. The average Bonchev–Trinajstić information content (AvgIpc) is 3.58. The quantitative estimate of drug-likeness (QED) is 0.220. The summed E-state index contributed by atoms with van der Waals surface area (Å²) in [6.45, 7) is -0.727. The third kappa shape index (κ3) is 8.20. The van der Waals surface area contributed by atoms with Crippen molar-refractivity contribution in [1.82, 2.24) is 9.97 Å². The van der Waals surface area contributed by atoms with Gasteiger partial charge in [0.15, 0.2) is 5.75 Å². The third-order valence-electron chi connectivity index (χ3n) is 3.88. The predicted molar refractivity (Wildman–Crippen MR) is 117 cm³/mol. The number of ether oxygens (including phenoxy) is 1. The van der Waals surface area contributed by atoms with Gasteiger partial charge in [0.25, 0.3) is 0 Å². The maximum absolute atomic E-state index is 11.5. The summed E-state index contributed by atoms with van der Waals surface area (Å²) < 4.78 is 14.3. The number of aromatic carboxylic acids is 1. The minimum Gasteiger partial charge on any atom is -0.502 e. The van der Waals surface area contributed by atoms with Crippen LogP contribution in [0, 0.1) is 0 Å². The van der Waals surface area contributed by atoms with Crippen molar-refractivity contribution in [3.05, 3.63) is 105 Å². The highest BCUT2D eigenvalue weighted by molar-refractivity contribution is 5.89. The Bertz CT molecular complexity index is 1340. The van der Waals surface area contributed by atoms with Gasteiger partial charge in [0.2, 0.25) is 16.6 Å². The number of aromatic hydroxyl groups is 1. The van der Waals surface area contributed by atoms with Gasteiger partial charge < -0.3 is 44.0 Å². The molecule has 13 nitrogen and oxygen atoms in total. The van der Waals surface area contributed by atoms with E-state index in [0.717, 1.165) is 24.7 Å². The van der Waals surface area contributed by atoms with Crippen molar-refractivity contribution in [3.8, 4) is 11.5 Å². The Morgan fingerprint density at radius 1 is 0.857 bits per heavy atom. The Hall–Kier alpha value is -4.88. The van der Waals surface area contributed by atoms with Gasteiger partial charge in [-0.25, -0.2) is 9.59 Å². The van der Waals surface area contributed by atoms with Gasteiger partial charge in [-0.1, -0.05) is 0 Å². The molecule has 0 spiro atoms. The summed E-state index contributed by atoms with van der Waals surface area (Å²) in [5.41, 5.74) is -0.615. The van der Waals surface area contributed by atoms with Crippen LogP contribution < -0.4 is 15.6 Å². The number of H-pyrrole nitrogens is 2. The molecule has 0 fully saturated rings. The van der Waals surface area contributed by atoms with E-state index >= 15 is 0 Å². The Morgan fingerprint density at radius 3 is 1.83 bits per heavy atom. The van der Waals surface area contributed by atoms with Gasteiger partial charge >= 0.3 is 11.9 Å². The molecule has 0 bridgehead atoms. The van der Waals surface area contributed by atoms with Crippen LogP contribution in [0.1, 0.15) is 32.5 Å². The topological polar surface area (TPSA) is 216 Å². The molecule has 6 N–H and O–H groups in total. The molecule has 0 aliphatic rings. The Morgan fingerprint density at radius 2 is 1.40 bits per heavy atom. The number of carboxylic acid groups (broad SMARTS) is 1. The second-order valence-corrected chi connectivity index (χ2v) is 6.35. The summed E-state index contributed by atoms with van der Waals surface area (Å²) in [7, 11) is 0. The summed E-state index contributed by atoms with van der Waals surface area (Å²) in [4.78, 5) is 48.7. The molecule has 184 valence electrons. The normalized spacial score (nSPS) is 9.77. The highest BCUT2D eigenvalue weighted by Crippen LogP contribution is 2.08. The minimum absolute atomic E-state index is 0.106. The number of carbonyl (C=O) groups is 2. The number of nitrogens with one attached hydrogen (secondary N) is 2. The van der Waals surface area contributed by atoms with E-state index in [-0.39, 0.29) is 41.9 Å². The van der Waals surface area contributed by atoms with Crippen molar-refractivity contribution in [2.45, 2.75) is 13.2 Å². The van der Waals surface area contributed by atoms with E-state index < -0.39 is 28.5 Å². The Labute approximate surface area is 195 Å². The second-order valence-electron chi connectivity index (χ2n) is 6.35. The Balaban J connectivity index is 0.000000204. The summed E-state index contributed by atoms with van der Waals surface area (Å²) in [6.07, 6.45) is 5.03. The number of aliphatic hydroxyl groups is 2. The summed E-state index contributed by atoms with van der Waals surface area (Å²) in [5, 5.41) is 34.1. The average molecular weight is 488 g/mol. The Kier molecular flexibility index (Phi) is 9.78. The number of aromatic amines is 2. The minimum atomic E-state index is -0.921. The first-order valence-corrected chi connectivity index (χ1v) is 9.61. The van der Waals surface area contributed by atoms with Crippen molar-refractivity contribution < 1.29 is 43.6 Å². The van der Waals surface area contributed by atoms with Crippen molar-refractivity contribution in [3.63, 3.8) is 0 Å². The molecule has 35 heavy (non-hydrogen) atoms. The van der Waals surface area contributed by atoms with Crippen LogP contribution in [-0.2, 0) is 13.2 Å². The monoisotopic (exact) mass is 488 g/mol. The molecule has 0 aliphatic carbocycles. The molecule has 4 rings (SSSR count). The zero-order valence-electron chi connectivity index (χ0n) is 17.8. The molecule has 0 saturated carbocycles. The van der Waals surface area contributed by atoms with Crippen LogP contribution in [-0.4, -0.2) is 42.3 Å². The molecule has 0 amide bonds. The molecule has 0 unspecified atom stereocenters. The number of aromatic nitrogens is 2. The van der Waals surface area contributed by atoms with Crippen LogP contribution in [0.4, 0.5) is 0 Å².